The van der Waals surface area contributed by atoms with Crippen LogP contribution in [0.15, 0.2) is 0 Å². The average molecular weight is 482 g/mol. The molecule has 0 bridgehead atoms. The monoisotopic (exact) mass is 481 g/mol. The van der Waals surface area contributed by atoms with E-state index in [0.29, 0.717) is 45.2 Å². The molecule has 0 N–H and O–H groups in total. The van der Waals surface area contributed by atoms with Gasteiger partial charge in [-0.25, -0.2) is 0 Å². The number of rotatable bonds is 23. The molecular formula is C29H55NO4. The summed E-state index contributed by atoms with van der Waals surface area (Å²) < 4.78 is 10.8. The first kappa shape index (κ1) is 30.9. The van der Waals surface area contributed by atoms with Gasteiger partial charge in [0.1, 0.15) is 0 Å². The zero-order chi connectivity index (χ0) is 25.0. The van der Waals surface area contributed by atoms with Gasteiger partial charge in [-0.05, 0) is 37.5 Å². The Hall–Kier alpha value is -1.10. The lowest BCUT2D eigenvalue weighted by molar-refractivity contribution is -0.144. The Kier molecular flexibility index (Phi) is 18.3. The van der Waals surface area contributed by atoms with Crippen molar-refractivity contribution < 1.29 is 19.1 Å². The second-order valence-electron chi connectivity index (χ2n) is 11.1. The number of unbranched alkanes of at least 4 members (excludes halogenated alkanes) is 8. The van der Waals surface area contributed by atoms with Crippen LogP contribution in [0.3, 0.4) is 0 Å². The highest BCUT2D eigenvalue weighted by Crippen LogP contribution is 2.27. The fraction of sp³-hybridized carbons (Fsp3) is 0.931. The van der Waals surface area contributed by atoms with Gasteiger partial charge in [-0.3, -0.25) is 14.5 Å². The van der Waals surface area contributed by atoms with E-state index in [1.54, 1.807) is 0 Å². The van der Waals surface area contributed by atoms with Crippen LogP contribution in [0.2, 0.25) is 0 Å². The van der Waals surface area contributed by atoms with Gasteiger partial charge < -0.3 is 9.47 Å². The maximum atomic E-state index is 12.1. The summed E-state index contributed by atoms with van der Waals surface area (Å²) in [6.07, 6.45) is 17.6. The molecule has 34 heavy (non-hydrogen) atoms. The van der Waals surface area contributed by atoms with E-state index < -0.39 is 0 Å². The lowest BCUT2D eigenvalue weighted by atomic mass is 10.0. The number of esters is 2. The van der Waals surface area contributed by atoms with Crippen molar-refractivity contribution in [3.8, 4) is 0 Å². The van der Waals surface area contributed by atoms with Crippen molar-refractivity contribution in [3.05, 3.63) is 0 Å². The number of carbonyl (C=O) groups excluding carboxylic acids is 2. The van der Waals surface area contributed by atoms with Crippen molar-refractivity contribution in [1.29, 1.82) is 0 Å². The largest absolute Gasteiger partial charge is 0.466 e. The van der Waals surface area contributed by atoms with Crippen molar-refractivity contribution in [2.75, 3.05) is 26.3 Å². The van der Waals surface area contributed by atoms with Crippen LogP contribution in [0.4, 0.5) is 0 Å². The maximum Gasteiger partial charge on any atom is 0.307 e. The van der Waals surface area contributed by atoms with Crippen LogP contribution in [0.25, 0.3) is 0 Å². The minimum atomic E-state index is -0.110. The predicted octanol–water partition coefficient (Wildman–Crippen LogP) is 7.31. The third-order valence-electron chi connectivity index (χ3n) is 6.65. The number of carbonyl (C=O) groups is 2. The van der Waals surface area contributed by atoms with Gasteiger partial charge in [0, 0.05) is 19.1 Å². The first-order valence-corrected chi connectivity index (χ1v) is 14.4. The molecule has 1 aliphatic carbocycles. The molecule has 0 aliphatic heterocycles. The maximum absolute atomic E-state index is 12.1. The SMILES string of the molecule is CC(C)CCCCCCCOC(=O)CCN(CCC(=O)OCCCCCCCC(C)C)C1CC1. The van der Waals surface area contributed by atoms with E-state index in [2.05, 4.69) is 32.6 Å². The summed E-state index contributed by atoms with van der Waals surface area (Å²) in [4.78, 5) is 26.5. The molecule has 0 aromatic carbocycles. The molecule has 0 radical (unpaired) electrons. The third kappa shape index (κ3) is 19.2. The van der Waals surface area contributed by atoms with Gasteiger partial charge in [0.25, 0.3) is 0 Å². The van der Waals surface area contributed by atoms with Gasteiger partial charge in [0.2, 0.25) is 0 Å². The Morgan fingerprint density at radius 3 is 1.41 bits per heavy atom. The Balaban J connectivity index is 2.01. The van der Waals surface area contributed by atoms with Crippen LogP contribution in [-0.4, -0.2) is 49.2 Å². The Labute approximate surface area is 210 Å². The molecule has 200 valence electrons. The summed E-state index contributed by atoms with van der Waals surface area (Å²) >= 11 is 0. The standard InChI is InChI=1S/C29H55NO4/c1-25(2)15-11-7-5-9-13-23-33-28(31)19-21-30(27-17-18-27)22-20-29(32)34-24-14-10-6-8-12-16-26(3)4/h25-27H,5-24H2,1-4H3. The van der Waals surface area contributed by atoms with Crippen LogP contribution in [0.5, 0.6) is 0 Å². The number of hydrogen-bond acceptors (Lipinski definition) is 5. The third-order valence-corrected chi connectivity index (χ3v) is 6.65. The van der Waals surface area contributed by atoms with Crippen molar-refractivity contribution in [3.63, 3.8) is 0 Å². The topological polar surface area (TPSA) is 55.8 Å². The van der Waals surface area contributed by atoms with E-state index in [1.807, 2.05) is 0 Å². The molecule has 0 spiro atoms. The number of hydrogen-bond donors (Lipinski definition) is 0. The molecule has 0 atom stereocenters. The van der Waals surface area contributed by atoms with Crippen molar-refractivity contribution in [2.45, 2.75) is 136 Å². The summed E-state index contributed by atoms with van der Waals surface area (Å²) in [6.45, 7) is 11.5. The van der Waals surface area contributed by atoms with Gasteiger partial charge in [0.15, 0.2) is 0 Å². The highest BCUT2D eigenvalue weighted by molar-refractivity contribution is 5.70. The van der Waals surface area contributed by atoms with E-state index >= 15 is 0 Å². The fourth-order valence-electron chi connectivity index (χ4n) is 4.27. The van der Waals surface area contributed by atoms with Crippen molar-refractivity contribution >= 4 is 11.9 Å². The first-order valence-electron chi connectivity index (χ1n) is 14.4. The van der Waals surface area contributed by atoms with Gasteiger partial charge in [-0.1, -0.05) is 91.9 Å². The minimum absolute atomic E-state index is 0.110. The van der Waals surface area contributed by atoms with Gasteiger partial charge >= 0.3 is 11.9 Å². The minimum Gasteiger partial charge on any atom is -0.466 e. The second kappa shape index (κ2) is 20.1. The van der Waals surface area contributed by atoms with Crippen LogP contribution >= 0.6 is 0 Å². The molecule has 1 rings (SSSR count). The summed E-state index contributed by atoms with van der Waals surface area (Å²) in [5, 5.41) is 0. The fourth-order valence-corrected chi connectivity index (χ4v) is 4.27. The van der Waals surface area contributed by atoms with E-state index in [-0.39, 0.29) is 11.9 Å². The van der Waals surface area contributed by atoms with E-state index in [1.165, 1.54) is 51.4 Å². The van der Waals surface area contributed by atoms with Gasteiger partial charge in [-0.2, -0.15) is 0 Å². The van der Waals surface area contributed by atoms with Crippen LogP contribution in [0.1, 0.15) is 130 Å². The molecule has 0 unspecified atom stereocenters. The van der Waals surface area contributed by atoms with Gasteiger partial charge in [-0.15, -0.1) is 0 Å². The zero-order valence-corrected chi connectivity index (χ0v) is 23.0. The molecule has 1 fully saturated rings. The van der Waals surface area contributed by atoms with Crippen LogP contribution in [0, 0.1) is 11.8 Å². The number of ether oxygens (including phenoxy) is 2. The Bertz CT molecular complexity index is 476. The molecule has 5 heteroatoms. The van der Waals surface area contributed by atoms with Crippen molar-refractivity contribution in [1.82, 2.24) is 4.90 Å². The molecule has 0 heterocycles. The van der Waals surface area contributed by atoms with Gasteiger partial charge in [0.05, 0.1) is 26.1 Å². The number of nitrogens with zero attached hydrogens (tertiary/aromatic N) is 1. The second-order valence-corrected chi connectivity index (χ2v) is 11.1. The van der Waals surface area contributed by atoms with Crippen LogP contribution < -0.4 is 0 Å². The molecule has 5 nitrogen and oxygen atoms in total. The Morgan fingerprint density at radius 2 is 1.03 bits per heavy atom. The van der Waals surface area contributed by atoms with E-state index in [4.69, 9.17) is 9.47 Å². The van der Waals surface area contributed by atoms with E-state index in [9.17, 15) is 9.59 Å². The normalized spacial score (nSPS) is 13.7. The lowest BCUT2D eigenvalue weighted by Gasteiger charge is -2.21. The lowest BCUT2D eigenvalue weighted by Crippen LogP contribution is -2.31. The summed E-state index contributed by atoms with van der Waals surface area (Å²) in [6, 6.07) is 0.525. The highest BCUT2D eigenvalue weighted by atomic mass is 16.5. The highest BCUT2D eigenvalue weighted by Gasteiger charge is 2.29. The predicted molar refractivity (Wildman–Crippen MR) is 141 cm³/mol. The molecular weight excluding hydrogens is 426 g/mol. The van der Waals surface area contributed by atoms with Crippen LogP contribution in [-0.2, 0) is 19.1 Å². The van der Waals surface area contributed by atoms with Crippen molar-refractivity contribution in [2.24, 2.45) is 11.8 Å². The molecule has 0 aromatic heterocycles. The molecule has 1 aliphatic rings. The first-order chi connectivity index (χ1) is 16.4. The Morgan fingerprint density at radius 1 is 0.647 bits per heavy atom. The van der Waals surface area contributed by atoms with E-state index in [0.717, 1.165) is 50.4 Å². The average Bonchev–Trinajstić information content (AvgIpc) is 3.62. The summed E-state index contributed by atoms with van der Waals surface area (Å²) in [7, 11) is 0. The smallest absolute Gasteiger partial charge is 0.307 e. The zero-order valence-electron chi connectivity index (χ0n) is 23.0. The molecule has 0 aromatic rings. The molecule has 0 amide bonds. The molecule has 1 saturated carbocycles. The quantitative estimate of drug-likeness (QED) is 0.113. The summed E-state index contributed by atoms with van der Waals surface area (Å²) in [5.41, 5.74) is 0. The summed E-state index contributed by atoms with van der Waals surface area (Å²) in [5.74, 6) is 1.37. The molecule has 0 saturated heterocycles.